The lowest BCUT2D eigenvalue weighted by atomic mass is 10.00. The molecule has 0 spiro atoms. The molecule has 4 nitrogen and oxygen atoms in total. The summed E-state index contributed by atoms with van der Waals surface area (Å²) in [7, 11) is 0. The minimum atomic E-state index is -0.100. The summed E-state index contributed by atoms with van der Waals surface area (Å²) in [5, 5.41) is 0. The van der Waals surface area contributed by atoms with Crippen molar-refractivity contribution in [2.45, 2.75) is 51.7 Å². The fourth-order valence-electron chi connectivity index (χ4n) is 2.49. The zero-order valence-electron chi connectivity index (χ0n) is 13.1. The minimum absolute atomic E-state index is 0.100. The van der Waals surface area contributed by atoms with Crippen molar-refractivity contribution in [3.05, 3.63) is 23.8 Å². The molecule has 118 valence electrons. The molecule has 1 heterocycles. The third-order valence-electron chi connectivity index (χ3n) is 3.64. The first-order valence-electron chi connectivity index (χ1n) is 8.03. The van der Waals surface area contributed by atoms with E-state index in [1.165, 1.54) is 0 Å². The molecule has 0 aromatic heterocycles. The van der Waals surface area contributed by atoms with Crippen LogP contribution in [0, 0.1) is 0 Å². The normalized spacial score (nSPS) is 19.5. The average molecular weight is 293 g/mol. The number of rotatable bonds is 8. The summed E-state index contributed by atoms with van der Waals surface area (Å²) < 4.78 is 17.3. The molecule has 1 saturated heterocycles. The van der Waals surface area contributed by atoms with Crippen LogP contribution in [0.3, 0.4) is 0 Å². The van der Waals surface area contributed by atoms with E-state index in [1.807, 2.05) is 18.2 Å². The summed E-state index contributed by atoms with van der Waals surface area (Å²) in [4.78, 5) is 0. The van der Waals surface area contributed by atoms with Crippen molar-refractivity contribution < 1.29 is 14.2 Å². The van der Waals surface area contributed by atoms with Crippen LogP contribution in [0.5, 0.6) is 11.5 Å². The van der Waals surface area contributed by atoms with Crippen molar-refractivity contribution in [2.24, 2.45) is 5.73 Å². The third kappa shape index (κ3) is 4.35. The van der Waals surface area contributed by atoms with E-state index in [0.717, 1.165) is 49.4 Å². The van der Waals surface area contributed by atoms with Gasteiger partial charge in [-0.1, -0.05) is 19.9 Å². The molecule has 4 heteroatoms. The SMILES string of the molecule is CCCOc1ccc(C(N)C2CCCO2)cc1OCCC. The largest absolute Gasteiger partial charge is 0.490 e. The number of benzene rings is 1. The van der Waals surface area contributed by atoms with E-state index >= 15 is 0 Å². The Hall–Kier alpha value is -1.26. The summed E-state index contributed by atoms with van der Waals surface area (Å²) in [5.74, 6) is 1.59. The topological polar surface area (TPSA) is 53.7 Å². The maximum absolute atomic E-state index is 6.33. The number of hydrogen-bond acceptors (Lipinski definition) is 4. The highest BCUT2D eigenvalue weighted by Crippen LogP contribution is 2.33. The van der Waals surface area contributed by atoms with Crippen LogP contribution in [0.15, 0.2) is 18.2 Å². The molecule has 2 N–H and O–H groups in total. The molecule has 1 aliphatic rings. The first-order chi connectivity index (χ1) is 10.3. The highest BCUT2D eigenvalue weighted by molar-refractivity contribution is 5.44. The molecule has 2 atom stereocenters. The van der Waals surface area contributed by atoms with Crippen LogP contribution in [0.25, 0.3) is 0 Å². The Balaban J connectivity index is 2.14. The van der Waals surface area contributed by atoms with E-state index < -0.39 is 0 Å². The van der Waals surface area contributed by atoms with E-state index in [1.54, 1.807) is 0 Å². The van der Waals surface area contributed by atoms with Crippen LogP contribution in [0.4, 0.5) is 0 Å². The molecule has 21 heavy (non-hydrogen) atoms. The zero-order chi connectivity index (χ0) is 15.1. The second-order valence-electron chi connectivity index (χ2n) is 5.48. The predicted octanol–water partition coefficient (Wildman–Crippen LogP) is 3.44. The van der Waals surface area contributed by atoms with E-state index in [4.69, 9.17) is 19.9 Å². The predicted molar refractivity (Wildman–Crippen MR) is 83.9 cm³/mol. The lowest BCUT2D eigenvalue weighted by Crippen LogP contribution is -2.25. The van der Waals surface area contributed by atoms with Gasteiger partial charge in [-0.15, -0.1) is 0 Å². The van der Waals surface area contributed by atoms with Gasteiger partial charge in [0.1, 0.15) is 0 Å². The summed E-state index contributed by atoms with van der Waals surface area (Å²) in [6, 6.07) is 5.89. The Morgan fingerprint density at radius 2 is 1.90 bits per heavy atom. The number of hydrogen-bond donors (Lipinski definition) is 1. The standard InChI is InChI=1S/C17H27NO3/c1-3-9-19-14-8-7-13(12-16(14)20-10-4-2)17(18)15-6-5-11-21-15/h7-8,12,15,17H,3-6,9-11,18H2,1-2H3. The van der Waals surface area contributed by atoms with Crippen molar-refractivity contribution in [3.63, 3.8) is 0 Å². The van der Waals surface area contributed by atoms with Gasteiger partial charge in [0.15, 0.2) is 11.5 Å². The van der Waals surface area contributed by atoms with Gasteiger partial charge in [-0.3, -0.25) is 0 Å². The van der Waals surface area contributed by atoms with Crippen LogP contribution in [-0.2, 0) is 4.74 Å². The molecule has 0 amide bonds. The highest BCUT2D eigenvalue weighted by Gasteiger charge is 2.25. The summed E-state index contributed by atoms with van der Waals surface area (Å²) in [6.07, 6.45) is 4.18. The van der Waals surface area contributed by atoms with Crippen molar-refractivity contribution in [3.8, 4) is 11.5 Å². The van der Waals surface area contributed by atoms with E-state index in [-0.39, 0.29) is 12.1 Å². The molecular formula is C17H27NO3. The van der Waals surface area contributed by atoms with Gasteiger partial charge in [0.2, 0.25) is 0 Å². The summed E-state index contributed by atoms with van der Waals surface area (Å²) >= 11 is 0. The van der Waals surface area contributed by atoms with Gasteiger partial charge in [0.25, 0.3) is 0 Å². The molecule has 0 aliphatic carbocycles. The molecular weight excluding hydrogens is 266 g/mol. The quantitative estimate of drug-likeness (QED) is 0.797. The van der Waals surface area contributed by atoms with Crippen molar-refractivity contribution in [2.75, 3.05) is 19.8 Å². The molecule has 2 unspecified atom stereocenters. The van der Waals surface area contributed by atoms with Gasteiger partial charge < -0.3 is 19.9 Å². The minimum Gasteiger partial charge on any atom is -0.490 e. The zero-order valence-corrected chi connectivity index (χ0v) is 13.1. The Morgan fingerprint density at radius 1 is 1.19 bits per heavy atom. The van der Waals surface area contributed by atoms with Crippen LogP contribution >= 0.6 is 0 Å². The van der Waals surface area contributed by atoms with Crippen molar-refractivity contribution in [1.82, 2.24) is 0 Å². The van der Waals surface area contributed by atoms with Gasteiger partial charge in [-0.2, -0.15) is 0 Å². The molecule has 2 rings (SSSR count). The van der Waals surface area contributed by atoms with E-state index in [0.29, 0.717) is 13.2 Å². The number of ether oxygens (including phenoxy) is 3. The molecule has 1 aliphatic heterocycles. The van der Waals surface area contributed by atoms with Gasteiger partial charge in [0.05, 0.1) is 25.4 Å². The first kappa shape index (κ1) is 16.1. The second kappa shape index (κ2) is 8.25. The van der Waals surface area contributed by atoms with Gasteiger partial charge in [-0.05, 0) is 43.4 Å². The summed E-state index contributed by atoms with van der Waals surface area (Å²) in [6.45, 7) is 6.37. The lowest BCUT2D eigenvalue weighted by molar-refractivity contribution is 0.0899. The fraction of sp³-hybridized carbons (Fsp3) is 0.647. The van der Waals surface area contributed by atoms with Crippen molar-refractivity contribution >= 4 is 0 Å². The van der Waals surface area contributed by atoms with Crippen LogP contribution in [-0.4, -0.2) is 25.9 Å². The average Bonchev–Trinajstić information content (AvgIpc) is 3.04. The van der Waals surface area contributed by atoms with Crippen LogP contribution < -0.4 is 15.2 Å². The van der Waals surface area contributed by atoms with Crippen LogP contribution in [0.2, 0.25) is 0 Å². The fourth-order valence-corrected chi connectivity index (χ4v) is 2.49. The molecule has 1 aromatic carbocycles. The van der Waals surface area contributed by atoms with Gasteiger partial charge in [0, 0.05) is 6.61 Å². The first-order valence-corrected chi connectivity index (χ1v) is 8.03. The molecule has 1 fully saturated rings. The molecule has 0 saturated carbocycles. The Morgan fingerprint density at radius 3 is 2.52 bits per heavy atom. The summed E-state index contributed by atoms with van der Waals surface area (Å²) in [5.41, 5.74) is 7.38. The van der Waals surface area contributed by atoms with E-state index in [9.17, 15) is 0 Å². The lowest BCUT2D eigenvalue weighted by Gasteiger charge is -2.21. The second-order valence-corrected chi connectivity index (χ2v) is 5.48. The third-order valence-corrected chi connectivity index (χ3v) is 3.64. The maximum atomic E-state index is 6.33. The Kier molecular flexibility index (Phi) is 6.33. The number of nitrogens with two attached hydrogens (primary N) is 1. The Labute approximate surface area is 127 Å². The van der Waals surface area contributed by atoms with Gasteiger partial charge in [-0.25, -0.2) is 0 Å². The maximum Gasteiger partial charge on any atom is 0.161 e. The van der Waals surface area contributed by atoms with Gasteiger partial charge >= 0.3 is 0 Å². The van der Waals surface area contributed by atoms with E-state index in [2.05, 4.69) is 13.8 Å². The van der Waals surface area contributed by atoms with Crippen molar-refractivity contribution in [1.29, 1.82) is 0 Å². The van der Waals surface area contributed by atoms with Crippen LogP contribution in [0.1, 0.15) is 51.1 Å². The molecule has 0 radical (unpaired) electrons. The molecule has 1 aromatic rings. The monoisotopic (exact) mass is 293 g/mol. The Bertz CT molecular complexity index is 430. The smallest absolute Gasteiger partial charge is 0.161 e. The highest BCUT2D eigenvalue weighted by atomic mass is 16.5. The molecule has 0 bridgehead atoms.